The first-order chi connectivity index (χ1) is 10.0. The van der Waals surface area contributed by atoms with E-state index in [1.54, 1.807) is 24.3 Å². The predicted octanol–water partition coefficient (Wildman–Crippen LogP) is 5.23. The zero-order chi connectivity index (χ0) is 15.9. The number of nitrogens with zero attached hydrogens (tertiary/aromatic N) is 1. The second-order valence-corrected chi connectivity index (χ2v) is 9.95. The smallest absolute Gasteiger partial charge is 0.269 e. The highest BCUT2D eigenvalue weighted by Crippen LogP contribution is 2.32. The fraction of sp³-hybridized carbons (Fsp3) is 0.500. The molecule has 0 aliphatic rings. The molecule has 4 nitrogen and oxygen atoms in total. The maximum Gasteiger partial charge on any atom is 0.269 e. The second-order valence-electron chi connectivity index (χ2n) is 5.22. The summed E-state index contributed by atoms with van der Waals surface area (Å²) >= 11 is 0. The van der Waals surface area contributed by atoms with Crippen molar-refractivity contribution in [1.82, 2.24) is 0 Å². The van der Waals surface area contributed by atoms with Crippen LogP contribution in [0.2, 0.25) is 18.1 Å². The number of hydrogen-bond acceptors (Lipinski definition) is 3. The van der Waals surface area contributed by atoms with Gasteiger partial charge in [-0.3, -0.25) is 10.1 Å². The van der Waals surface area contributed by atoms with Crippen LogP contribution < -0.4 is 0 Å². The van der Waals surface area contributed by atoms with Gasteiger partial charge < -0.3 is 4.43 Å². The zero-order valence-electron chi connectivity index (χ0n) is 13.2. The van der Waals surface area contributed by atoms with Crippen molar-refractivity contribution in [3.05, 3.63) is 52.6 Å². The Bertz CT molecular complexity index is 461. The maximum absolute atomic E-state index is 10.7. The fourth-order valence-corrected chi connectivity index (χ4v) is 5.35. The first-order valence-electron chi connectivity index (χ1n) is 7.55. The number of hydrogen-bond donors (Lipinski definition) is 0. The quantitative estimate of drug-likeness (QED) is 0.271. The Balaban J connectivity index is 3.00. The van der Waals surface area contributed by atoms with E-state index in [4.69, 9.17) is 4.43 Å². The van der Waals surface area contributed by atoms with Crippen LogP contribution in [0.15, 0.2) is 36.9 Å². The summed E-state index contributed by atoms with van der Waals surface area (Å²) in [5.41, 5.74) is 1.11. The first-order valence-corrected chi connectivity index (χ1v) is 10.1. The Morgan fingerprint density at radius 1 is 1.24 bits per heavy atom. The molecule has 1 rings (SSSR count). The molecule has 0 fully saturated rings. The van der Waals surface area contributed by atoms with Crippen LogP contribution in [0.5, 0.6) is 0 Å². The van der Waals surface area contributed by atoms with Crippen molar-refractivity contribution in [3.8, 4) is 0 Å². The summed E-state index contributed by atoms with van der Waals surface area (Å²) in [4.78, 5) is 10.4. The van der Waals surface area contributed by atoms with E-state index in [0.717, 1.165) is 30.1 Å². The van der Waals surface area contributed by atoms with Gasteiger partial charge in [-0.15, -0.1) is 6.58 Å². The molecule has 5 heteroatoms. The van der Waals surface area contributed by atoms with Gasteiger partial charge in [-0.05, 0) is 42.2 Å². The maximum atomic E-state index is 10.7. The van der Waals surface area contributed by atoms with Crippen LogP contribution in [0.4, 0.5) is 5.69 Å². The minimum atomic E-state index is -1.72. The summed E-state index contributed by atoms with van der Waals surface area (Å²) < 4.78 is 6.51. The summed E-state index contributed by atoms with van der Waals surface area (Å²) in [5.74, 6) is 0. The molecule has 0 bridgehead atoms. The van der Waals surface area contributed by atoms with Gasteiger partial charge in [0.05, 0.1) is 11.0 Å². The van der Waals surface area contributed by atoms with Crippen LogP contribution >= 0.6 is 0 Å². The third kappa shape index (κ3) is 4.51. The second kappa shape index (κ2) is 8.10. The van der Waals surface area contributed by atoms with Crippen LogP contribution in [0, 0.1) is 10.1 Å². The molecule has 0 aromatic heterocycles. The van der Waals surface area contributed by atoms with Gasteiger partial charge in [0.25, 0.3) is 5.69 Å². The molecular formula is C16H25NO3Si. The first kappa shape index (κ1) is 17.6. The Kier molecular flexibility index (Phi) is 6.78. The van der Waals surface area contributed by atoms with E-state index in [2.05, 4.69) is 27.4 Å². The van der Waals surface area contributed by atoms with Crippen molar-refractivity contribution in [2.24, 2.45) is 0 Å². The third-order valence-corrected chi connectivity index (χ3v) is 8.83. The molecule has 1 atom stereocenters. The highest BCUT2D eigenvalue weighted by atomic mass is 28.4. The molecule has 0 aliphatic heterocycles. The molecule has 1 unspecified atom stereocenters. The largest absolute Gasteiger partial charge is 0.410 e. The summed E-state index contributed by atoms with van der Waals surface area (Å²) in [5, 5.41) is 10.7. The van der Waals surface area contributed by atoms with E-state index in [1.165, 1.54) is 0 Å². The molecular weight excluding hydrogens is 282 g/mol. The lowest BCUT2D eigenvalue weighted by atomic mass is 10.1. The Morgan fingerprint density at radius 2 is 1.76 bits per heavy atom. The van der Waals surface area contributed by atoms with E-state index in [1.807, 2.05) is 6.08 Å². The van der Waals surface area contributed by atoms with E-state index in [-0.39, 0.29) is 16.7 Å². The van der Waals surface area contributed by atoms with E-state index >= 15 is 0 Å². The van der Waals surface area contributed by atoms with Gasteiger partial charge in [-0.1, -0.05) is 26.8 Å². The fourth-order valence-electron chi connectivity index (χ4n) is 2.52. The van der Waals surface area contributed by atoms with Crippen molar-refractivity contribution in [2.45, 2.75) is 51.4 Å². The molecule has 116 valence electrons. The van der Waals surface area contributed by atoms with Gasteiger partial charge in [0.2, 0.25) is 0 Å². The van der Waals surface area contributed by atoms with Gasteiger partial charge in [-0.25, -0.2) is 0 Å². The Hall–Kier alpha value is -1.46. The number of benzene rings is 1. The normalized spacial score (nSPS) is 12.9. The zero-order valence-corrected chi connectivity index (χ0v) is 14.2. The molecule has 0 amide bonds. The van der Waals surface area contributed by atoms with Crippen LogP contribution in [0.3, 0.4) is 0 Å². The van der Waals surface area contributed by atoms with Gasteiger partial charge >= 0.3 is 0 Å². The monoisotopic (exact) mass is 307 g/mol. The van der Waals surface area contributed by atoms with Crippen molar-refractivity contribution in [2.75, 3.05) is 0 Å². The highest BCUT2D eigenvalue weighted by molar-refractivity contribution is 6.73. The SMILES string of the molecule is C=CCC(O[Si](CC)(CC)CC)c1ccc([N+](=O)[O-])cc1. The number of nitro benzene ring substituents is 1. The van der Waals surface area contributed by atoms with Gasteiger partial charge in [0.1, 0.15) is 0 Å². The standard InChI is InChI=1S/C16H25NO3Si/c1-5-9-16(20-21(6-2,7-3)8-4)14-10-12-15(13-11-14)17(18)19/h5,10-13,16H,1,6-9H2,2-4H3. The average molecular weight is 307 g/mol. The highest BCUT2D eigenvalue weighted by Gasteiger charge is 2.32. The predicted molar refractivity (Wildman–Crippen MR) is 88.9 cm³/mol. The van der Waals surface area contributed by atoms with Crippen LogP contribution in [0.25, 0.3) is 0 Å². The minimum Gasteiger partial charge on any atom is -0.410 e. The molecule has 0 N–H and O–H groups in total. The molecule has 0 radical (unpaired) electrons. The van der Waals surface area contributed by atoms with Crippen LogP contribution in [0.1, 0.15) is 38.9 Å². The molecule has 21 heavy (non-hydrogen) atoms. The topological polar surface area (TPSA) is 52.4 Å². The van der Waals surface area contributed by atoms with Gasteiger partial charge in [-0.2, -0.15) is 0 Å². The van der Waals surface area contributed by atoms with E-state index < -0.39 is 8.32 Å². The summed E-state index contributed by atoms with van der Waals surface area (Å²) in [7, 11) is -1.72. The van der Waals surface area contributed by atoms with Gasteiger partial charge in [0.15, 0.2) is 8.32 Å². The third-order valence-electron chi connectivity index (χ3n) is 4.18. The van der Waals surface area contributed by atoms with Crippen molar-refractivity contribution >= 4 is 14.0 Å². The molecule has 1 aromatic carbocycles. The van der Waals surface area contributed by atoms with Crippen LogP contribution in [-0.2, 0) is 4.43 Å². The van der Waals surface area contributed by atoms with E-state index in [9.17, 15) is 10.1 Å². The number of rotatable bonds is 9. The summed E-state index contributed by atoms with van der Waals surface area (Å²) in [6, 6.07) is 9.93. The lowest BCUT2D eigenvalue weighted by Crippen LogP contribution is -2.37. The van der Waals surface area contributed by atoms with Crippen molar-refractivity contribution in [3.63, 3.8) is 0 Å². The number of non-ortho nitro benzene ring substituents is 1. The van der Waals surface area contributed by atoms with Crippen LogP contribution in [-0.4, -0.2) is 13.2 Å². The number of nitro groups is 1. The minimum absolute atomic E-state index is 0.0465. The Morgan fingerprint density at radius 3 is 2.14 bits per heavy atom. The molecule has 0 spiro atoms. The molecule has 0 aliphatic carbocycles. The van der Waals surface area contributed by atoms with Crippen molar-refractivity contribution < 1.29 is 9.35 Å². The lowest BCUT2D eigenvalue weighted by molar-refractivity contribution is -0.384. The molecule has 0 heterocycles. The summed E-state index contributed by atoms with van der Waals surface area (Å²) in [6.07, 6.45) is 2.54. The Labute approximate surface area is 128 Å². The lowest BCUT2D eigenvalue weighted by Gasteiger charge is -2.33. The van der Waals surface area contributed by atoms with Gasteiger partial charge in [0, 0.05) is 12.1 Å². The molecule has 0 saturated carbocycles. The van der Waals surface area contributed by atoms with E-state index in [0.29, 0.717) is 0 Å². The summed E-state index contributed by atoms with van der Waals surface area (Å²) in [6.45, 7) is 10.4. The average Bonchev–Trinajstić information content (AvgIpc) is 2.52. The van der Waals surface area contributed by atoms with Crippen molar-refractivity contribution in [1.29, 1.82) is 0 Å². The molecule has 1 aromatic rings. The molecule has 0 saturated heterocycles.